The lowest BCUT2D eigenvalue weighted by molar-refractivity contribution is 0.0858. The van der Waals surface area contributed by atoms with E-state index in [1.165, 1.54) is 0 Å². The van der Waals surface area contributed by atoms with Gasteiger partial charge < -0.3 is 4.74 Å². The van der Waals surface area contributed by atoms with Crippen molar-refractivity contribution >= 4 is 5.78 Å². The standard InChI is InChI=1S/C15H12O2/c1-10-7-8-12-13(9-10)17-15(14(12)16)11-5-3-2-4-6-11/h2-9,15H,1H3. The van der Waals surface area contributed by atoms with Gasteiger partial charge in [-0.25, -0.2) is 0 Å². The van der Waals surface area contributed by atoms with Gasteiger partial charge in [0.25, 0.3) is 0 Å². The van der Waals surface area contributed by atoms with Crippen LogP contribution >= 0.6 is 0 Å². The first-order chi connectivity index (χ1) is 8.25. The van der Waals surface area contributed by atoms with E-state index in [1.807, 2.05) is 55.5 Å². The summed E-state index contributed by atoms with van der Waals surface area (Å²) in [5.74, 6) is 0.745. The molecular formula is C15H12O2. The topological polar surface area (TPSA) is 26.3 Å². The zero-order chi connectivity index (χ0) is 11.8. The fraction of sp³-hybridized carbons (Fsp3) is 0.133. The summed E-state index contributed by atoms with van der Waals surface area (Å²) in [6, 6.07) is 15.3. The van der Waals surface area contributed by atoms with Gasteiger partial charge in [-0.2, -0.15) is 0 Å². The quantitative estimate of drug-likeness (QED) is 0.742. The molecule has 0 aromatic heterocycles. The van der Waals surface area contributed by atoms with Gasteiger partial charge in [-0.1, -0.05) is 36.4 Å². The Morgan fingerprint density at radius 1 is 1.06 bits per heavy atom. The van der Waals surface area contributed by atoms with Crippen LogP contribution in [0.3, 0.4) is 0 Å². The maximum atomic E-state index is 12.2. The molecule has 1 aliphatic heterocycles. The highest BCUT2D eigenvalue weighted by atomic mass is 16.5. The molecule has 2 aromatic rings. The van der Waals surface area contributed by atoms with Gasteiger partial charge in [0.05, 0.1) is 5.56 Å². The number of ether oxygens (including phenoxy) is 1. The van der Waals surface area contributed by atoms with Crippen LogP contribution in [-0.2, 0) is 0 Å². The summed E-state index contributed by atoms with van der Waals surface area (Å²) >= 11 is 0. The normalized spacial score (nSPS) is 17.7. The molecule has 1 unspecified atom stereocenters. The van der Waals surface area contributed by atoms with E-state index in [-0.39, 0.29) is 5.78 Å². The molecule has 84 valence electrons. The second kappa shape index (κ2) is 3.74. The third-order valence-electron chi connectivity index (χ3n) is 2.99. The molecule has 2 heteroatoms. The first kappa shape index (κ1) is 10.1. The van der Waals surface area contributed by atoms with Gasteiger partial charge in [-0.15, -0.1) is 0 Å². The monoisotopic (exact) mass is 224 g/mol. The first-order valence-corrected chi connectivity index (χ1v) is 5.62. The number of rotatable bonds is 1. The Labute approximate surface area is 99.9 Å². The summed E-state index contributed by atoms with van der Waals surface area (Å²) in [5.41, 5.74) is 2.70. The third kappa shape index (κ3) is 1.62. The van der Waals surface area contributed by atoms with Crippen LogP contribution in [-0.4, -0.2) is 5.78 Å². The summed E-state index contributed by atoms with van der Waals surface area (Å²) in [7, 11) is 0. The summed E-state index contributed by atoms with van der Waals surface area (Å²) in [5, 5.41) is 0. The maximum absolute atomic E-state index is 12.2. The van der Waals surface area contributed by atoms with Gasteiger partial charge in [0.2, 0.25) is 5.78 Å². The second-order valence-electron chi connectivity index (χ2n) is 4.27. The smallest absolute Gasteiger partial charge is 0.211 e. The predicted molar refractivity (Wildman–Crippen MR) is 65.3 cm³/mol. The summed E-state index contributed by atoms with van der Waals surface area (Å²) in [6.07, 6.45) is -0.479. The van der Waals surface area contributed by atoms with Crippen LogP contribution < -0.4 is 4.74 Å². The Kier molecular flexibility index (Phi) is 2.22. The molecular weight excluding hydrogens is 212 g/mol. The number of benzene rings is 2. The minimum Gasteiger partial charge on any atom is -0.477 e. The van der Waals surface area contributed by atoms with Crippen molar-refractivity contribution in [2.45, 2.75) is 13.0 Å². The average molecular weight is 224 g/mol. The van der Waals surface area contributed by atoms with Crippen molar-refractivity contribution in [2.75, 3.05) is 0 Å². The van der Waals surface area contributed by atoms with Crippen molar-refractivity contribution in [1.29, 1.82) is 0 Å². The van der Waals surface area contributed by atoms with Crippen molar-refractivity contribution in [3.05, 3.63) is 65.2 Å². The van der Waals surface area contributed by atoms with E-state index in [0.29, 0.717) is 11.3 Å². The number of hydrogen-bond donors (Lipinski definition) is 0. The number of Topliss-reactive ketones (excluding diaryl/α,β-unsaturated/α-hetero) is 1. The Balaban J connectivity index is 2.02. The Morgan fingerprint density at radius 3 is 2.59 bits per heavy atom. The average Bonchev–Trinajstić information content (AvgIpc) is 2.67. The molecule has 2 nitrogen and oxygen atoms in total. The van der Waals surface area contributed by atoms with Crippen molar-refractivity contribution in [2.24, 2.45) is 0 Å². The van der Waals surface area contributed by atoms with Gasteiger partial charge in [0, 0.05) is 5.56 Å². The van der Waals surface area contributed by atoms with Crippen molar-refractivity contribution < 1.29 is 9.53 Å². The highest BCUT2D eigenvalue weighted by molar-refractivity contribution is 6.05. The van der Waals surface area contributed by atoms with E-state index >= 15 is 0 Å². The molecule has 0 radical (unpaired) electrons. The minimum absolute atomic E-state index is 0.0474. The van der Waals surface area contributed by atoms with Crippen molar-refractivity contribution in [3.63, 3.8) is 0 Å². The number of fused-ring (bicyclic) bond motifs is 1. The molecule has 1 heterocycles. The van der Waals surface area contributed by atoms with Gasteiger partial charge >= 0.3 is 0 Å². The van der Waals surface area contributed by atoms with Crippen LogP contribution in [0.25, 0.3) is 0 Å². The molecule has 3 rings (SSSR count). The van der Waals surface area contributed by atoms with Crippen LogP contribution in [0.1, 0.15) is 27.6 Å². The Bertz CT molecular complexity index is 573. The summed E-state index contributed by atoms with van der Waals surface area (Å²) in [4.78, 5) is 12.2. The zero-order valence-electron chi connectivity index (χ0n) is 9.51. The lowest BCUT2D eigenvalue weighted by atomic mass is 10.0. The van der Waals surface area contributed by atoms with Crippen LogP contribution in [0.4, 0.5) is 0 Å². The van der Waals surface area contributed by atoms with E-state index in [0.717, 1.165) is 11.1 Å². The van der Waals surface area contributed by atoms with Crippen molar-refractivity contribution in [3.8, 4) is 5.75 Å². The van der Waals surface area contributed by atoms with E-state index in [9.17, 15) is 4.79 Å². The molecule has 1 atom stereocenters. The fourth-order valence-corrected chi connectivity index (χ4v) is 2.10. The molecule has 17 heavy (non-hydrogen) atoms. The molecule has 0 saturated heterocycles. The van der Waals surface area contributed by atoms with Crippen LogP contribution in [0.15, 0.2) is 48.5 Å². The lowest BCUT2D eigenvalue weighted by Crippen LogP contribution is -2.10. The molecule has 2 aromatic carbocycles. The van der Waals surface area contributed by atoms with E-state index in [1.54, 1.807) is 0 Å². The number of carbonyl (C=O) groups excluding carboxylic acids is 1. The summed E-state index contributed by atoms with van der Waals surface area (Å²) < 4.78 is 5.74. The highest BCUT2D eigenvalue weighted by Crippen LogP contribution is 2.36. The van der Waals surface area contributed by atoms with Gasteiger partial charge in [-0.3, -0.25) is 4.79 Å². The number of ketones is 1. The van der Waals surface area contributed by atoms with Gasteiger partial charge in [0.15, 0.2) is 6.10 Å². The van der Waals surface area contributed by atoms with Crippen LogP contribution in [0.2, 0.25) is 0 Å². The van der Waals surface area contributed by atoms with Crippen LogP contribution in [0.5, 0.6) is 5.75 Å². The summed E-state index contributed by atoms with van der Waals surface area (Å²) in [6.45, 7) is 1.99. The van der Waals surface area contributed by atoms with E-state index < -0.39 is 6.10 Å². The highest BCUT2D eigenvalue weighted by Gasteiger charge is 2.33. The second-order valence-corrected chi connectivity index (χ2v) is 4.27. The van der Waals surface area contributed by atoms with Gasteiger partial charge in [0.1, 0.15) is 5.75 Å². The molecule has 0 fully saturated rings. The third-order valence-corrected chi connectivity index (χ3v) is 2.99. The van der Waals surface area contributed by atoms with E-state index in [2.05, 4.69) is 0 Å². The predicted octanol–water partition coefficient (Wildman–Crippen LogP) is 3.31. The molecule has 0 aliphatic carbocycles. The number of hydrogen-bond acceptors (Lipinski definition) is 2. The van der Waals surface area contributed by atoms with Crippen molar-refractivity contribution in [1.82, 2.24) is 0 Å². The zero-order valence-corrected chi connectivity index (χ0v) is 9.51. The molecule has 0 saturated carbocycles. The Morgan fingerprint density at radius 2 is 1.82 bits per heavy atom. The molecule has 0 bridgehead atoms. The van der Waals surface area contributed by atoms with E-state index in [4.69, 9.17) is 4.74 Å². The van der Waals surface area contributed by atoms with Gasteiger partial charge in [-0.05, 0) is 24.6 Å². The SMILES string of the molecule is Cc1ccc2c(c1)OC(c1ccccc1)C2=O. The molecule has 0 spiro atoms. The number of aryl methyl sites for hydroxylation is 1. The minimum atomic E-state index is -0.479. The first-order valence-electron chi connectivity index (χ1n) is 5.62. The van der Waals surface area contributed by atoms with Crippen LogP contribution in [0, 0.1) is 6.92 Å². The number of carbonyl (C=O) groups is 1. The molecule has 1 aliphatic rings. The largest absolute Gasteiger partial charge is 0.477 e. The Hall–Kier alpha value is -2.09. The maximum Gasteiger partial charge on any atom is 0.211 e. The lowest BCUT2D eigenvalue weighted by Gasteiger charge is -2.08. The molecule has 0 N–H and O–H groups in total. The fourth-order valence-electron chi connectivity index (χ4n) is 2.10. The molecule has 0 amide bonds.